The lowest BCUT2D eigenvalue weighted by Crippen LogP contribution is -2.19. The Morgan fingerprint density at radius 3 is 2.76 bits per heavy atom. The van der Waals surface area contributed by atoms with Crippen LogP contribution in [-0.2, 0) is 0 Å². The third-order valence-electron chi connectivity index (χ3n) is 4.49. The van der Waals surface area contributed by atoms with Crippen molar-refractivity contribution in [1.82, 2.24) is 30.7 Å². The molecule has 0 bridgehead atoms. The highest BCUT2D eigenvalue weighted by molar-refractivity contribution is 6.00. The summed E-state index contributed by atoms with van der Waals surface area (Å²) in [6.45, 7) is 0. The molecule has 2 aromatic heterocycles. The molecule has 4 rings (SSSR count). The molecule has 1 amide bonds. The lowest BCUT2D eigenvalue weighted by molar-refractivity contribution is 0.0696. The molecular weight excluding hydrogens is 432 g/mol. The quantitative estimate of drug-likeness (QED) is 0.275. The highest BCUT2D eigenvalue weighted by Crippen LogP contribution is 2.28. The Labute approximate surface area is 185 Å². The number of carboxylic acid groups (broad SMARTS) is 1. The van der Waals surface area contributed by atoms with Crippen LogP contribution >= 0.6 is 0 Å². The zero-order chi connectivity index (χ0) is 23.4. The number of anilines is 1. The van der Waals surface area contributed by atoms with Gasteiger partial charge >= 0.3 is 5.97 Å². The summed E-state index contributed by atoms with van der Waals surface area (Å²) in [6, 6.07) is 13.0. The number of ether oxygens (including phenoxy) is 1. The number of aromatic nitrogens is 5. The van der Waals surface area contributed by atoms with E-state index in [2.05, 4.69) is 35.8 Å². The van der Waals surface area contributed by atoms with Crippen LogP contribution in [0.1, 0.15) is 26.4 Å². The van der Waals surface area contributed by atoms with Crippen molar-refractivity contribution < 1.29 is 24.1 Å². The predicted octanol–water partition coefficient (Wildman–Crippen LogP) is 1.37. The van der Waals surface area contributed by atoms with E-state index in [1.165, 1.54) is 24.1 Å². The second-order valence-corrected chi connectivity index (χ2v) is 6.50. The molecule has 2 heterocycles. The highest BCUT2D eigenvalue weighted by atomic mass is 16.6. The number of carbonyl (C=O) groups is 2. The maximum Gasteiger partial charge on any atom is 0.336 e. The predicted molar refractivity (Wildman–Crippen MR) is 114 cm³/mol. The van der Waals surface area contributed by atoms with E-state index in [1.807, 2.05) is 0 Å². The van der Waals surface area contributed by atoms with Crippen LogP contribution in [0.25, 0.3) is 17.1 Å². The number of nitrogens with one attached hydrogen (secondary N) is 1. The maximum atomic E-state index is 12.9. The average molecular weight is 448 g/mol. The first-order valence-corrected chi connectivity index (χ1v) is 9.34. The van der Waals surface area contributed by atoms with E-state index in [4.69, 9.17) is 10.5 Å². The summed E-state index contributed by atoms with van der Waals surface area (Å²) < 4.78 is 11.1. The molecule has 13 nitrogen and oxygen atoms in total. The smallest absolute Gasteiger partial charge is 0.336 e. The monoisotopic (exact) mass is 448 g/mol. The first-order chi connectivity index (χ1) is 16.0. The first kappa shape index (κ1) is 21.2. The number of nitrogens with two attached hydrogens (primary N) is 1. The van der Waals surface area contributed by atoms with Crippen LogP contribution in [0.3, 0.4) is 0 Å². The van der Waals surface area contributed by atoms with Crippen molar-refractivity contribution in [3.8, 4) is 22.8 Å². The Bertz CT molecular complexity index is 1360. The number of methoxy groups -OCH3 is 1. The number of hydrogen-bond acceptors (Lipinski definition) is 10. The largest absolute Gasteiger partial charge is 0.497 e. The normalized spacial score (nSPS) is 10.9. The minimum Gasteiger partial charge on any atom is -0.497 e. The number of nitrogen functional groups attached to an aromatic ring is 1. The fraction of sp³-hybridized carbons (Fsp3) is 0.0500. The highest BCUT2D eigenvalue weighted by Gasteiger charge is 2.25. The van der Waals surface area contributed by atoms with Gasteiger partial charge in [0.05, 0.1) is 18.9 Å². The molecule has 166 valence electrons. The van der Waals surface area contributed by atoms with Gasteiger partial charge in [0.25, 0.3) is 5.91 Å². The van der Waals surface area contributed by atoms with Crippen molar-refractivity contribution in [2.75, 3.05) is 12.8 Å². The Balaban J connectivity index is 1.70. The molecule has 0 fully saturated rings. The Kier molecular flexibility index (Phi) is 5.75. The molecule has 2 aromatic carbocycles. The third kappa shape index (κ3) is 4.23. The number of aromatic carboxylic acids is 1. The molecule has 13 heteroatoms. The van der Waals surface area contributed by atoms with Gasteiger partial charge in [-0.25, -0.2) is 14.8 Å². The summed E-state index contributed by atoms with van der Waals surface area (Å²) in [4.78, 5) is 24.2. The number of hydrogen-bond donors (Lipinski definition) is 3. The topological polar surface area (TPSA) is 184 Å². The molecule has 0 atom stereocenters. The number of benzene rings is 2. The summed E-state index contributed by atoms with van der Waals surface area (Å²) in [7, 11) is 1.51. The number of nitrogens with zero attached hydrogens (tertiary/aromatic N) is 6. The molecular formula is C20H16N8O5. The van der Waals surface area contributed by atoms with Crippen molar-refractivity contribution in [3.05, 3.63) is 65.4 Å². The van der Waals surface area contributed by atoms with Crippen LogP contribution in [0, 0.1) is 0 Å². The third-order valence-corrected chi connectivity index (χ3v) is 4.49. The van der Waals surface area contributed by atoms with Crippen molar-refractivity contribution >= 4 is 23.9 Å². The van der Waals surface area contributed by atoms with Gasteiger partial charge in [-0.05, 0) is 28.5 Å². The summed E-state index contributed by atoms with van der Waals surface area (Å²) in [5.74, 6) is -1.32. The molecule has 0 radical (unpaired) electrons. The van der Waals surface area contributed by atoms with Crippen molar-refractivity contribution in [1.29, 1.82) is 0 Å². The van der Waals surface area contributed by atoms with Gasteiger partial charge in [0.1, 0.15) is 11.4 Å². The summed E-state index contributed by atoms with van der Waals surface area (Å²) in [5.41, 5.74) is 9.11. The molecule has 0 aliphatic rings. The van der Waals surface area contributed by atoms with E-state index in [0.717, 1.165) is 0 Å². The molecule has 0 saturated carbocycles. The van der Waals surface area contributed by atoms with E-state index in [0.29, 0.717) is 16.9 Å². The fourth-order valence-corrected chi connectivity index (χ4v) is 2.97. The molecule has 0 aliphatic heterocycles. The zero-order valence-electron chi connectivity index (χ0n) is 17.0. The molecule has 4 aromatic rings. The summed E-state index contributed by atoms with van der Waals surface area (Å²) in [6.07, 6.45) is 1.22. The van der Waals surface area contributed by atoms with Gasteiger partial charge in [-0.15, -0.1) is 5.10 Å². The van der Waals surface area contributed by atoms with Crippen LogP contribution in [-0.4, -0.2) is 55.6 Å². The van der Waals surface area contributed by atoms with Gasteiger partial charge in [-0.1, -0.05) is 35.5 Å². The molecule has 0 spiro atoms. The molecule has 4 N–H and O–H groups in total. The van der Waals surface area contributed by atoms with Gasteiger partial charge in [-0.3, -0.25) is 4.79 Å². The Morgan fingerprint density at radius 2 is 2.03 bits per heavy atom. The zero-order valence-corrected chi connectivity index (χ0v) is 17.0. The minimum atomic E-state index is -1.12. The standard InChI is InChI=1S/C20H16N8O5/c1-32-13-7-4-6-11(9-13)16-15(23-27-28(16)18-17(21)25-33-26-18)19(29)24-22-10-12-5-2-3-8-14(12)20(30)31/h2-10H,1H3,(H2,21,25)(H,24,29)(H,30,31). The second-order valence-electron chi connectivity index (χ2n) is 6.50. The van der Waals surface area contributed by atoms with Crippen LogP contribution in [0.5, 0.6) is 5.75 Å². The number of rotatable bonds is 7. The number of carbonyl (C=O) groups excluding carboxylic acids is 1. The Hall–Kier alpha value is -5.07. The van der Waals surface area contributed by atoms with Crippen molar-refractivity contribution in [2.24, 2.45) is 5.10 Å². The lowest BCUT2D eigenvalue weighted by Gasteiger charge is -2.07. The SMILES string of the molecule is COc1cccc(-c2c(C(=O)NN=Cc3ccccc3C(=O)O)nnn2-c2nonc2N)c1. The summed E-state index contributed by atoms with van der Waals surface area (Å²) in [5, 5.41) is 28.3. The van der Waals surface area contributed by atoms with E-state index < -0.39 is 11.9 Å². The second kappa shape index (κ2) is 8.97. The van der Waals surface area contributed by atoms with E-state index in [-0.39, 0.29) is 28.6 Å². The average Bonchev–Trinajstić information content (AvgIpc) is 3.45. The molecule has 0 unspecified atom stereocenters. The van der Waals surface area contributed by atoms with E-state index >= 15 is 0 Å². The van der Waals surface area contributed by atoms with Crippen molar-refractivity contribution in [3.63, 3.8) is 0 Å². The van der Waals surface area contributed by atoms with Gasteiger partial charge in [0, 0.05) is 11.1 Å². The summed E-state index contributed by atoms with van der Waals surface area (Å²) >= 11 is 0. The fourth-order valence-electron chi connectivity index (χ4n) is 2.97. The number of amides is 1. The number of carboxylic acids is 1. The Morgan fingerprint density at radius 1 is 1.21 bits per heavy atom. The van der Waals surface area contributed by atoms with Gasteiger partial charge < -0.3 is 15.6 Å². The lowest BCUT2D eigenvalue weighted by atomic mass is 10.1. The maximum absolute atomic E-state index is 12.9. The minimum absolute atomic E-state index is 0.0347. The van der Waals surface area contributed by atoms with Gasteiger partial charge in [-0.2, -0.15) is 9.78 Å². The van der Waals surface area contributed by atoms with Crippen LogP contribution in [0.4, 0.5) is 5.82 Å². The van der Waals surface area contributed by atoms with Crippen LogP contribution in [0.15, 0.2) is 58.3 Å². The van der Waals surface area contributed by atoms with Crippen LogP contribution in [0.2, 0.25) is 0 Å². The first-order valence-electron chi connectivity index (χ1n) is 9.34. The van der Waals surface area contributed by atoms with Crippen molar-refractivity contribution in [2.45, 2.75) is 0 Å². The number of hydrazone groups is 1. The van der Waals surface area contributed by atoms with E-state index in [9.17, 15) is 14.7 Å². The molecule has 0 saturated heterocycles. The molecule has 0 aliphatic carbocycles. The van der Waals surface area contributed by atoms with E-state index in [1.54, 1.807) is 42.5 Å². The van der Waals surface area contributed by atoms with Gasteiger partial charge in [0.15, 0.2) is 5.69 Å². The van der Waals surface area contributed by atoms with Crippen LogP contribution < -0.4 is 15.9 Å². The van der Waals surface area contributed by atoms with Gasteiger partial charge in [0.2, 0.25) is 11.6 Å². The molecule has 33 heavy (non-hydrogen) atoms.